The first-order valence-corrected chi connectivity index (χ1v) is 14.2. The molecule has 2 aliphatic heterocycles. The minimum Gasteiger partial charge on any atom is -0.368 e. The van der Waals surface area contributed by atoms with E-state index in [1.54, 1.807) is 41.4 Å². The van der Waals surface area contributed by atoms with E-state index in [4.69, 9.17) is 17.2 Å². The van der Waals surface area contributed by atoms with E-state index in [0.29, 0.717) is 59.0 Å². The first-order chi connectivity index (χ1) is 18.5. The van der Waals surface area contributed by atoms with Crippen LogP contribution in [0.4, 0.5) is 15.9 Å². The number of rotatable bonds is 8. The minimum atomic E-state index is -0.260. The minimum absolute atomic E-state index is 0.152. The van der Waals surface area contributed by atoms with Crippen LogP contribution >= 0.6 is 24.0 Å². The molecule has 10 heteroatoms. The SMILES string of the molecule is CCCCCCN1C(=O)/C(=C/c2c(N3CCN(c4ccc(F)cc4)CC3)nc3ccccn3c2=O)SC1=S. The average molecular weight is 552 g/mol. The van der Waals surface area contributed by atoms with Gasteiger partial charge < -0.3 is 9.80 Å². The third-order valence-corrected chi connectivity index (χ3v) is 8.28. The van der Waals surface area contributed by atoms with Crippen molar-refractivity contribution >= 4 is 57.4 Å². The van der Waals surface area contributed by atoms with Crippen LogP contribution in [0, 0.1) is 5.82 Å². The van der Waals surface area contributed by atoms with Crippen molar-refractivity contribution in [3.63, 3.8) is 0 Å². The van der Waals surface area contributed by atoms with E-state index in [1.165, 1.54) is 28.3 Å². The summed E-state index contributed by atoms with van der Waals surface area (Å²) >= 11 is 6.76. The molecule has 7 nitrogen and oxygen atoms in total. The first kappa shape index (κ1) is 26.4. The molecule has 198 valence electrons. The van der Waals surface area contributed by atoms with E-state index in [9.17, 15) is 14.0 Å². The van der Waals surface area contributed by atoms with Gasteiger partial charge in [0.2, 0.25) is 0 Å². The van der Waals surface area contributed by atoms with E-state index >= 15 is 0 Å². The van der Waals surface area contributed by atoms with Gasteiger partial charge in [-0.1, -0.05) is 56.2 Å². The highest BCUT2D eigenvalue weighted by molar-refractivity contribution is 8.26. The van der Waals surface area contributed by atoms with Gasteiger partial charge in [0.25, 0.3) is 11.5 Å². The van der Waals surface area contributed by atoms with Crippen LogP contribution in [0.1, 0.15) is 38.2 Å². The molecule has 0 saturated carbocycles. The third-order valence-electron chi connectivity index (χ3n) is 6.90. The number of thioether (sulfide) groups is 1. The normalized spacial score (nSPS) is 17.3. The molecule has 0 spiro atoms. The van der Waals surface area contributed by atoms with Crippen LogP contribution in [0.5, 0.6) is 0 Å². The fraction of sp³-hybridized carbons (Fsp3) is 0.357. The smallest absolute Gasteiger partial charge is 0.267 e. The van der Waals surface area contributed by atoms with Crippen LogP contribution in [-0.2, 0) is 4.79 Å². The lowest BCUT2D eigenvalue weighted by Gasteiger charge is -2.37. The molecule has 5 rings (SSSR count). The van der Waals surface area contributed by atoms with Crippen molar-refractivity contribution in [1.82, 2.24) is 14.3 Å². The van der Waals surface area contributed by atoms with Crippen molar-refractivity contribution < 1.29 is 9.18 Å². The molecule has 0 unspecified atom stereocenters. The molecule has 2 aromatic heterocycles. The predicted molar refractivity (Wildman–Crippen MR) is 156 cm³/mol. The number of aromatic nitrogens is 2. The van der Waals surface area contributed by atoms with Crippen LogP contribution in [0.25, 0.3) is 11.7 Å². The number of benzene rings is 1. The standard InChI is InChI=1S/C28H30FN5O2S2/c1-2-3-4-6-14-34-27(36)23(38-28(34)37)19-22-25(30-24-8-5-7-13-33(24)26(22)35)32-17-15-31(16-18-32)21-11-9-20(29)10-12-21/h5,7-13,19H,2-4,6,14-18H2,1H3/b23-19-. The summed E-state index contributed by atoms with van der Waals surface area (Å²) in [6.45, 7) is 5.40. The molecule has 38 heavy (non-hydrogen) atoms. The van der Waals surface area contributed by atoms with Crippen molar-refractivity contribution in [3.05, 3.63) is 75.3 Å². The Labute approximate surface area is 230 Å². The third kappa shape index (κ3) is 5.47. The summed E-state index contributed by atoms with van der Waals surface area (Å²) in [6, 6.07) is 11.9. The topological polar surface area (TPSA) is 61.2 Å². The first-order valence-electron chi connectivity index (χ1n) is 13.0. The number of piperazine rings is 1. The number of fused-ring (bicyclic) bond motifs is 1. The zero-order valence-electron chi connectivity index (χ0n) is 21.3. The molecule has 4 heterocycles. The van der Waals surface area contributed by atoms with Crippen molar-refractivity contribution in [3.8, 4) is 0 Å². The second-order valence-electron chi connectivity index (χ2n) is 9.43. The lowest BCUT2D eigenvalue weighted by atomic mass is 10.2. The highest BCUT2D eigenvalue weighted by atomic mass is 32.2. The molecule has 0 atom stereocenters. The Balaban J connectivity index is 1.44. The quantitative estimate of drug-likeness (QED) is 0.223. The summed E-state index contributed by atoms with van der Waals surface area (Å²) in [5, 5.41) is 0. The molecule has 2 aliphatic rings. The Kier molecular flexibility index (Phi) is 8.09. The summed E-state index contributed by atoms with van der Waals surface area (Å²) in [4.78, 5) is 38.1. The number of pyridine rings is 1. The highest BCUT2D eigenvalue weighted by Crippen LogP contribution is 2.34. The summed E-state index contributed by atoms with van der Waals surface area (Å²) in [5.41, 5.74) is 1.67. The Morgan fingerprint density at radius 1 is 1.00 bits per heavy atom. The molecule has 0 aliphatic carbocycles. The average Bonchev–Trinajstić information content (AvgIpc) is 3.20. The van der Waals surface area contributed by atoms with Crippen LogP contribution in [-0.4, -0.2) is 57.2 Å². The van der Waals surface area contributed by atoms with Crippen LogP contribution in [0.2, 0.25) is 0 Å². The maximum atomic E-state index is 13.6. The van der Waals surface area contributed by atoms with Crippen molar-refractivity contribution in [1.29, 1.82) is 0 Å². The number of carbonyl (C=O) groups excluding carboxylic acids is 1. The number of carbonyl (C=O) groups is 1. The molecular weight excluding hydrogens is 521 g/mol. The van der Waals surface area contributed by atoms with Gasteiger partial charge in [-0.15, -0.1) is 0 Å². The van der Waals surface area contributed by atoms with Gasteiger partial charge in [0, 0.05) is 44.6 Å². The second kappa shape index (κ2) is 11.7. The lowest BCUT2D eigenvalue weighted by molar-refractivity contribution is -0.122. The number of anilines is 2. The van der Waals surface area contributed by atoms with E-state index in [1.807, 2.05) is 6.07 Å². The fourth-order valence-electron chi connectivity index (χ4n) is 4.81. The highest BCUT2D eigenvalue weighted by Gasteiger charge is 2.33. The number of amides is 1. The van der Waals surface area contributed by atoms with Crippen molar-refractivity contribution in [2.75, 3.05) is 42.5 Å². The van der Waals surface area contributed by atoms with Gasteiger partial charge in [-0.3, -0.25) is 18.9 Å². The maximum absolute atomic E-state index is 13.6. The molecule has 0 N–H and O–H groups in total. The Hall–Kier alpha value is -3.24. The summed E-state index contributed by atoms with van der Waals surface area (Å²) in [6.07, 6.45) is 7.56. The Morgan fingerprint density at radius 2 is 1.74 bits per heavy atom. The monoisotopic (exact) mass is 551 g/mol. The molecule has 2 saturated heterocycles. The molecule has 1 amide bonds. The van der Waals surface area contributed by atoms with E-state index < -0.39 is 0 Å². The van der Waals surface area contributed by atoms with E-state index in [-0.39, 0.29) is 17.3 Å². The Morgan fingerprint density at radius 3 is 2.47 bits per heavy atom. The molecule has 3 aromatic rings. The van der Waals surface area contributed by atoms with Crippen LogP contribution < -0.4 is 15.4 Å². The van der Waals surface area contributed by atoms with Crippen LogP contribution in [0.15, 0.2) is 58.4 Å². The van der Waals surface area contributed by atoms with Gasteiger partial charge in [0.15, 0.2) is 0 Å². The lowest BCUT2D eigenvalue weighted by Crippen LogP contribution is -2.47. The number of thiocarbonyl (C=S) groups is 1. The molecule has 2 fully saturated rings. The number of hydrogen-bond acceptors (Lipinski definition) is 7. The second-order valence-corrected chi connectivity index (χ2v) is 11.1. The number of nitrogens with zero attached hydrogens (tertiary/aromatic N) is 5. The fourth-order valence-corrected chi connectivity index (χ4v) is 6.10. The van der Waals surface area contributed by atoms with Gasteiger partial charge in [0.1, 0.15) is 21.6 Å². The molecule has 0 radical (unpaired) electrons. The van der Waals surface area contributed by atoms with Gasteiger partial charge >= 0.3 is 0 Å². The summed E-state index contributed by atoms with van der Waals surface area (Å²) in [7, 11) is 0. The van der Waals surface area contributed by atoms with Gasteiger partial charge in [-0.25, -0.2) is 9.37 Å². The maximum Gasteiger partial charge on any atom is 0.267 e. The summed E-state index contributed by atoms with van der Waals surface area (Å²) < 4.78 is 15.4. The van der Waals surface area contributed by atoms with Gasteiger partial charge in [0.05, 0.1) is 10.5 Å². The number of unbranched alkanes of at least 4 members (excludes halogenated alkanes) is 3. The van der Waals surface area contributed by atoms with Gasteiger partial charge in [-0.2, -0.15) is 0 Å². The van der Waals surface area contributed by atoms with Crippen molar-refractivity contribution in [2.45, 2.75) is 32.6 Å². The van der Waals surface area contributed by atoms with E-state index in [0.717, 1.165) is 31.4 Å². The van der Waals surface area contributed by atoms with Crippen molar-refractivity contribution in [2.24, 2.45) is 0 Å². The van der Waals surface area contributed by atoms with E-state index in [2.05, 4.69) is 16.7 Å². The number of hydrogen-bond donors (Lipinski definition) is 0. The largest absolute Gasteiger partial charge is 0.368 e. The number of halogens is 1. The summed E-state index contributed by atoms with van der Waals surface area (Å²) in [5.74, 6) is 0.151. The Bertz CT molecular complexity index is 1430. The van der Waals surface area contributed by atoms with Crippen LogP contribution in [0.3, 0.4) is 0 Å². The molecule has 0 bridgehead atoms. The molecule has 1 aromatic carbocycles. The zero-order valence-corrected chi connectivity index (χ0v) is 22.9. The molecular formula is C28H30FN5O2S2. The van der Waals surface area contributed by atoms with Gasteiger partial charge in [-0.05, 0) is 48.9 Å². The predicted octanol–water partition coefficient (Wildman–Crippen LogP) is 4.94. The zero-order chi connectivity index (χ0) is 26.6.